The number of likely N-dealkylation sites (N-methyl/N-ethyl adjacent to an activating group) is 1. The molecule has 0 saturated heterocycles. The van der Waals surface area contributed by atoms with Crippen molar-refractivity contribution in [3.05, 3.63) is 89.9 Å². The first-order valence-electron chi connectivity index (χ1n) is 10.6. The van der Waals surface area contributed by atoms with E-state index in [0.717, 1.165) is 17.7 Å². The van der Waals surface area contributed by atoms with E-state index in [9.17, 15) is 18.0 Å². The first-order chi connectivity index (χ1) is 15.7. The molecule has 0 aliphatic rings. The molecular formula is C25H23F3N4O. The molecule has 0 fully saturated rings. The lowest BCUT2D eigenvalue weighted by Crippen LogP contribution is -2.45. The molecule has 33 heavy (non-hydrogen) atoms. The molecule has 0 saturated carbocycles. The number of nitrogens with one attached hydrogen (secondary N) is 1. The maximum absolute atomic E-state index is 13.2. The summed E-state index contributed by atoms with van der Waals surface area (Å²) in [6.45, 7) is 4.20. The van der Waals surface area contributed by atoms with Gasteiger partial charge in [0.2, 0.25) is 5.91 Å². The third-order valence-electron chi connectivity index (χ3n) is 5.73. The number of benzene rings is 2. The summed E-state index contributed by atoms with van der Waals surface area (Å²) in [6.07, 6.45) is -0.803. The van der Waals surface area contributed by atoms with Crippen molar-refractivity contribution in [3.8, 4) is 11.1 Å². The number of carbonyl (C=O) groups excluding carboxylic acids is 1. The normalized spacial score (nSPS) is 13.6. The molecule has 0 spiro atoms. The molecular weight excluding hydrogens is 429 g/mol. The average molecular weight is 452 g/mol. The highest BCUT2D eigenvalue weighted by molar-refractivity contribution is 5.88. The van der Waals surface area contributed by atoms with Crippen molar-refractivity contribution in [3.63, 3.8) is 0 Å². The van der Waals surface area contributed by atoms with Gasteiger partial charge in [-0.25, -0.2) is 9.50 Å². The van der Waals surface area contributed by atoms with Gasteiger partial charge in [0.25, 0.3) is 0 Å². The highest BCUT2D eigenvalue weighted by Gasteiger charge is 2.38. The van der Waals surface area contributed by atoms with Crippen LogP contribution in [-0.2, 0) is 22.8 Å². The second kappa shape index (κ2) is 8.69. The maximum Gasteiger partial charge on any atom is 0.416 e. The van der Waals surface area contributed by atoms with Gasteiger partial charge in [0, 0.05) is 18.3 Å². The zero-order valence-corrected chi connectivity index (χ0v) is 18.2. The van der Waals surface area contributed by atoms with Crippen LogP contribution in [0, 0.1) is 0 Å². The molecule has 0 aliphatic carbocycles. The number of halogens is 3. The number of hydrogen-bond donors (Lipinski definition) is 1. The predicted molar refractivity (Wildman–Crippen MR) is 120 cm³/mol. The lowest BCUT2D eigenvalue weighted by molar-refractivity contribution is -0.137. The quantitative estimate of drug-likeness (QED) is 0.445. The van der Waals surface area contributed by atoms with Gasteiger partial charge in [0.05, 0.1) is 22.9 Å². The van der Waals surface area contributed by atoms with E-state index in [2.05, 4.69) is 15.4 Å². The minimum atomic E-state index is -4.41. The van der Waals surface area contributed by atoms with Crippen molar-refractivity contribution in [2.24, 2.45) is 0 Å². The summed E-state index contributed by atoms with van der Waals surface area (Å²) < 4.78 is 40.5. The minimum Gasteiger partial charge on any atom is -0.356 e. The Balaban J connectivity index is 1.81. The van der Waals surface area contributed by atoms with Crippen molar-refractivity contribution in [2.75, 3.05) is 6.54 Å². The smallest absolute Gasteiger partial charge is 0.356 e. The lowest BCUT2D eigenvalue weighted by atomic mass is 9.79. The van der Waals surface area contributed by atoms with E-state index in [-0.39, 0.29) is 5.91 Å². The van der Waals surface area contributed by atoms with Crippen LogP contribution >= 0.6 is 0 Å². The van der Waals surface area contributed by atoms with Crippen LogP contribution in [0.3, 0.4) is 0 Å². The Hall–Kier alpha value is -3.68. The first-order valence-corrected chi connectivity index (χ1v) is 10.6. The van der Waals surface area contributed by atoms with Crippen molar-refractivity contribution in [1.82, 2.24) is 19.9 Å². The van der Waals surface area contributed by atoms with E-state index < -0.39 is 17.2 Å². The van der Waals surface area contributed by atoms with Crippen LogP contribution in [0.5, 0.6) is 0 Å². The van der Waals surface area contributed by atoms with E-state index >= 15 is 0 Å². The maximum atomic E-state index is 13.2. The Kier molecular flexibility index (Phi) is 5.93. The minimum absolute atomic E-state index is 0.145. The fourth-order valence-corrected chi connectivity index (χ4v) is 4.00. The molecule has 2 aromatic heterocycles. The van der Waals surface area contributed by atoms with Gasteiger partial charge in [-0.15, -0.1) is 0 Å². The van der Waals surface area contributed by atoms with Crippen LogP contribution in [0.25, 0.3) is 16.8 Å². The van der Waals surface area contributed by atoms with Crippen LogP contribution in [0.4, 0.5) is 13.2 Å². The molecule has 0 radical (unpaired) electrons. The van der Waals surface area contributed by atoms with Crippen molar-refractivity contribution in [2.45, 2.75) is 31.9 Å². The monoisotopic (exact) mass is 452 g/mol. The van der Waals surface area contributed by atoms with Crippen LogP contribution < -0.4 is 5.32 Å². The third-order valence-corrected chi connectivity index (χ3v) is 5.73. The summed E-state index contributed by atoms with van der Waals surface area (Å²) >= 11 is 0. The Morgan fingerprint density at radius 2 is 1.73 bits per heavy atom. The van der Waals surface area contributed by atoms with E-state index in [4.69, 9.17) is 0 Å². The Bertz CT molecular complexity index is 1270. The van der Waals surface area contributed by atoms with Gasteiger partial charge >= 0.3 is 6.18 Å². The van der Waals surface area contributed by atoms with Crippen LogP contribution in [0.2, 0.25) is 0 Å². The highest BCUT2D eigenvalue weighted by atomic mass is 19.4. The molecule has 2 heterocycles. The molecule has 1 atom stereocenters. The number of nitrogens with zero attached hydrogens (tertiary/aromatic N) is 3. The van der Waals surface area contributed by atoms with E-state index in [1.54, 1.807) is 23.0 Å². The van der Waals surface area contributed by atoms with Gasteiger partial charge in [-0.2, -0.15) is 18.3 Å². The van der Waals surface area contributed by atoms with E-state index in [1.807, 2.05) is 44.2 Å². The predicted octanol–water partition coefficient (Wildman–Crippen LogP) is 5.05. The molecule has 4 rings (SSSR count). The zero-order valence-electron chi connectivity index (χ0n) is 18.2. The fourth-order valence-electron chi connectivity index (χ4n) is 4.00. The van der Waals surface area contributed by atoms with Gasteiger partial charge in [-0.05, 0) is 49.6 Å². The number of hydrogen-bond acceptors (Lipinski definition) is 3. The number of aromatic nitrogens is 3. The van der Waals surface area contributed by atoms with E-state index in [0.29, 0.717) is 35.4 Å². The van der Waals surface area contributed by atoms with Gasteiger partial charge in [0.1, 0.15) is 0 Å². The molecule has 8 heteroatoms. The van der Waals surface area contributed by atoms with Gasteiger partial charge in [-0.1, -0.05) is 42.5 Å². The van der Waals surface area contributed by atoms with Gasteiger partial charge in [-0.3, -0.25) is 4.79 Å². The van der Waals surface area contributed by atoms with Crippen LogP contribution in [0.15, 0.2) is 73.1 Å². The van der Waals surface area contributed by atoms with Crippen molar-refractivity contribution in [1.29, 1.82) is 0 Å². The molecule has 0 aliphatic heterocycles. The van der Waals surface area contributed by atoms with Crippen LogP contribution in [-0.4, -0.2) is 27.0 Å². The Labute approximate surface area is 189 Å². The molecule has 1 N–H and O–H groups in total. The third kappa shape index (κ3) is 4.33. The summed E-state index contributed by atoms with van der Waals surface area (Å²) in [5.41, 5.74) is 1.57. The standard InChI is InChI=1S/C25H23F3N4O/c1-3-29-23(33)24(2,15-17-7-5-4-6-8-17)21-13-14-30-22-20(16-31-32(21)22)18-9-11-19(12-10-18)25(26,27)28/h4-14,16H,3,15H2,1-2H3,(H,29,33). The summed E-state index contributed by atoms with van der Waals surface area (Å²) in [7, 11) is 0. The Morgan fingerprint density at radius 3 is 2.36 bits per heavy atom. The zero-order chi connectivity index (χ0) is 23.6. The molecule has 170 valence electrons. The SMILES string of the molecule is CCNC(=O)C(C)(Cc1ccccc1)c1ccnc2c(-c3ccc(C(F)(F)F)cc3)cnn12. The Morgan fingerprint density at radius 1 is 1.03 bits per heavy atom. The largest absolute Gasteiger partial charge is 0.416 e. The molecule has 0 bridgehead atoms. The number of alkyl halides is 3. The molecule has 4 aromatic rings. The second-order valence-corrected chi connectivity index (χ2v) is 8.05. The number of carbonyl (C=O) groups is 1. The summed E-state index contributed by atoms with van der Waals surface area (Å²) in [5.74, 6) is -0.145. The molecule has 2 aromatic carbocycles. The van der Waals surface area contributed by atoms with Crippen LogP contribution in [0.1, 0.15) is 30.7 Å². The number of fused-ring (bicyclic) bond motifs is 1. The number of rotatable bonds is 6. The molecule has 1 amide bonds. The summed E-state index contributed by atoms with van der Waals surface area (Å²) in [4.78, 5) is 17.7. The topological polar surface area (TPSA) is 59.3 Å². The molecule has 1 unspecified atom stereocenters. The van der Waals surface area contributed by atoms with Crippen molar-refractivity contribution >= 4 is 11.6 Å². The van der Waals surface area contributed by atoms with Gasteiger partial charge in [0.15, 0.2) is 5.65 Å². The summed E-state index contributed by atoms with van der Waals surface area (Å²) in [6, 6.07) is 16.3. The lowest BCUT2D eigenvalue weighted by Gasteiger charge is -2.29. The number of amides is 1. The second-order valence-electron chi connectivity index (χ2n) is 8.05. The summed E-state index contributed by atoms with van der Waals surface area (Å²) in [5, 5.41) is 7.39. The van der Waals surface area contributed by atoms with E-state index in [1.165, 1.54) is 12.1 Å². The van der Waals surface area contributed by atoms with Crippen molar-refractivity contribution < 1.29 is 18.0 Å². The van der Waals surface area contributed by atoms with Gasteiger partial charge < -0.3 is 5.32 Å². The highest BCUT2D eigenvalue weighted by Crippen LogP contribution is 2.34. The fraction of sp³-hybridized carbons (Fsp3) is 0.240. The molecule has 5 nitrogen and oxygen atoms in total. The first kappa shape index (κ1) is 22.5. The average Bonchev–Trinajstić information content (AvgIpc) is 3.23.